The van der Waals surface area contributed by atoms with E-state index in [0.717, 1.165) is 11.0 Å². The lowest BCUT2D eigenvalue weighted by atomic mass is 9.52. The summed E-state index contributed by atoms with van der Waals surface area (Å²) in [5.41, 5.74) is -7.15. The number of ketones is 2. The number of Topliss-reactive ketones (excluding diaryl/α,β-unsaturated/α-hetero) is 2. The minimum Gasteiger partial charge on any atom is -0.762 e. The number of amides is 1. The van der Waals surface area contributed by atoms with Crippen LogP contribution in [0.25, 0.3) is 5.76 Å². The SMILES string of the molecule is COc1cc(O)c2c(c1Cl)C(C)(OC1CC(C)(N([O-])O)C(OC)C(C)O1)C1CC3(O)C(N(C)C)C(=O)C(C(N)=O)=C(O)C3(O)C(=O)C1=C2O. The molecule has 1 aliphatic heterocycles. The maximum absolute atomic E-state index is 14.6. The number of carbonyl (C=O) groups excluding carboxylic acids is 3. The number of fused-ring (bicyclic) bond motifs is 3. The summed E-state index contributed by atoms with van der Waals surface area (Å²) in [6.45, 7) is 4.32. The van der Waals surface area contributed by atoms with Gasteiger partial charge in [0, 0.05) is 36.7 Å². The number of ether oxygens (including phenoxy) is 4. The van der Waals surface area contributed by atoms with Crippen molar-refractivity contribution < 1.29 is 64.1 Å². The van der Waals surface area contributed by atoms with Crippen LogP contribution >= 0.6 is 11.6 Å². The largest absolute Gasteiger partial charge is 0.762 e. The second-order valence-corrected chi connectivity index (χ2v) is 13.8. The van der Waals surface area contributed by atoms with Crippen molar-refractivity contribution in [2.45, 2.75) is 80.5 Å². The highest BCUT2D eigenvalue weighted by atomic mass is 35.5. The molecule has 2 fully saturated rings. The predicted molar refractivity (Wildman–Crippen MR) is 167 cm³/mol. The number of hydroxylamine groups is 2. The molecule has 18 heteroatoms. The number of phenols is 1. The number of phenolic OH excluding ortho intramolecular Hbond substituents is 1. The molecule has 1 aromatic carbocycles. The van der Waals surface area contributed by atoms with Gasteiger partial charge in [0.25, 0.3) is 5.91 Å². The highest BCUT2D eigenvalue weighted by Gasteiger charge is 2.74. The minimum atomic E-state index is -3.43. The molecule has 0 radical (unpaired) electrons. The normalized spacial score (nSPS) is 37.7. The maximum atomic E-state index is 14.6. The molecule has 0 bridgehead atoms. The van der Waals surface area contributed by atoms with Gasteiger partial charge in [-0.25, -0.2) is 0 Å². The van der Waals surface area contributed by atoms with E-state index in [1.54, 1.807) is 6.92 Å². The van der Waals surface area contributed by atoms with Gasteiger partial charge < -0.3 is 60.6 Å². The highest BCUT2D eigenvalue weighted by Crippen LogP contribution is 2.62. The molecule has 9 unspecified atom stereocenters. The van der Waals surface area contributed by atoms with Gasteiger partial charge in [-0.1, -0.05) is 11.6 Å². The zero-order valence-corrected chi connectivity index (χ0v) is 28.4. The van der Waals surface area contributed by atoms with Crippen molar-refractivity contribution >= 4 is 34.8 Å². The van der Waals surface area contributed by atoms with Crippen LogP contribution in [0.5, 0.6) is 11.5 Å². The van der Waals surface area contributed by atoms with Crippen LogP contribution in [0.3, 0.4) is 0 Å². The smallest absolute Gasteiger partial charge is 0.255 e. The van der Waals surface area contributed by atoms with Crippen LogP contribution in [0.4, 0.5) is 0 Å². The van der Waals surface area contributed by atoms with Crippen LogP contribution in [0.1, 0.15) is 44.7 Å². The fourth-order valence-electron chi connectivity index (χ4n) is 8.24. The summed E-state index contributed by atoms with van der Waals surface area (Å²) in [4.78, 5) is 41.7. The summed E-state index contributed by atoms with van der Waals surface area (Å²) >= 11 is 6.83. The molecule has 1 heterocycles. The summed E-state index contributed by atoms with van der Waals surface area (Å²) in [7, 11) is 5.19. The number of carbonyl (C=O) groups is 3. The van der Waals surface area contributed by atoms with Crippen molar-refractivity contribution in [3.05, 3.63) is 44.3 Å². The molecule has 1 aromatic rings. The fourth-order valence-corrected chi connectivity index (χ4v) is 8.66. The molecule has 0 aromatic heterocycles. The van der Waals surface area contributed by atoms with E-state index < -0.39 is 111 Å². The molecule has 9 atom stereocenters. The molecular formula is C31H39ClN3O14-. The molecule has 1 amide bonds. The van der Waals surface area contributed by atoms with Gasteiger partial charge in [-0.15, -0.1) is 0 Å². The lowest BCUT2D eigenvalue weighted by molar-refractivity contribution is -0.321. The third-order valence-electron chi connectivity index (χ3n) is 10.5. The van der Waals surface area contributed by atoms with Crippen molar-refractivity contribution in [3.8, 4) is 11.5 Å². The topological polar surface area (TPSA) is 265 Å². The van der Waals surface area contributed by atoms with Crippen LogP contribution in [0.15, 0.2) is 23.0 Å². The first-order valence-electron chi connectivity index (χ1n) is 15.1. The Morgan fingerprint density at radius 2 is 1.76 bits per heavy atom. The lowest BCUT2D eigenvalue weighted by Gasteiger charge is -2.59. The van der Waals surface area contributed by atoms with Gasteiger partial charge >= 0.3 is 0 Å². The molecule has 17 nitrogen and oxygen atoms in total. The van der Waals surface area contributed by atoms with Crippen LogP contribution < -0.4 is 10.5 Å². The van der Waals surface area contributed by atoms with Crippen molar-refractivity contribution in [2.24, 2.45) is 11.7 Å². The first-order valence-corrected chi connectivity index (χ1v) is 15.5. The molecule has 3 aliphatic carbocycles. The van der Waals surface area contributed by atoms with Crippen molar-refractivity contribution in [3.63, 3.8) is 0 Å². The van der Waals surface area contributed by atoms with Crippen molar-refractivity contribution in [1.29, 1.82) is 0 Å². The van der Waals surface area contributed by atoms with Crippen molar-refractivity contribution in [2.75, 3.05) is 28.3 Å². The minimum absolute atomic E-state index is 0.102. The van der Waals surface area contributed by atoms with Gasteiger partial charge in [0.15, 0.2) is 17.8 Å². The Balaban J connectivity index is 1.82. The Hall–Kier alpha value is -3.36. The summed E-state index contributed by atoms with van der Waals surface area (Å²) in [5.74, 6) is -9.03. The lowest BCUT2D eigenvalue weighted by Crippen LogP contribution is -2.77. The molecule has 270 valence electrons. The van der Waals surface area contributed by atoms with Crippen molar-refractivity contribution in [1.82, 2.24) is 10.1 Å². The summed E-state index contributed by atoms with van der Waals surface area (Å²) in [5, 5.41) is 80.8. The van der Waals surface area contributed by atoms with E-state index in [1.807, 2.05) is 0 Å². The summed E-state index contributed by atoms with van der Waals surface area (Å²) in [6, 6.07) is -0.829. The molecule has 49 heavy (non-hydrogen) atoms. The van der Waals surface area contributed by atoms with E-state index in [1.165, 1.54) is 42.2 Å². The Morgan fingerprint density at radius 3 is 2.27 bits per heavy atom. The quantitative estimate of drug-likeness (QED) is 0.150. The average Bonchev–Trinajstić information content (AvgIpc) is 2.98. The number of aliphatic hydroxyl groups is 4. The number of primary amides is 1. The average molecular weight is 713 g/mol. The number of methoxy groups -OCH3 is 2. The zero-order valence-electron chi connectivity index (χ0n) is 27.7. The van der Waals surface area contributed by atoms with Crippen LogP contribution in [-0.2, 0) is 34.2 Å². The van der Waals surface area contributed by atoms with Crippen LogP contribution in [0, 0.1) is 11.1 Å². The summed E-state index contributed by atoms with van der Waals surface area (Å²) in [6.07, 6.45) is -4.48. The number of halogens is 1. The molecule has 1 saturated heterocycles. The number of hydrogen-bond acceptors (Lipinski definition) is 16. The van der Waals surface area contributed by atoms with E-state index in [2.05, 4.69) is 0 Å². The number of nitrogens with two attached hydrogens (primary N) is 1. The number of aromatic hydroxyl groups is 1. The number of hydrogen-bond donors (Lipinski definition) is 7. The van der Waals surface area contributed by atoms with E-state index in [4.69, 9.17) is 36.3 Å². The van der Waals surface area contributed by atoms with Crippen LogP contribution in [0.2, 0.25) is 5.02 Å². The zero-order chi connectivity index (χ0) is 36.9. The van der Waals surface area contributed by atoms with Gasteiger partial charge in [-0.05, 0) is 41.3 Å². The third kappa shape index (κ3) is 4.76. The van der Waals surface area contributed by atoms with Gasteiger partial charge in [0.1, 0.15) is 46.2 Å². The molecule has 1 saturated carbocycles. The third-order valence-corrected chi connectivity index (χ3v) is 10.9. The number of nitrogens with zero attached hydrogens (tertiary/aromatic N) is 2. The molecule has 0 spiro atoms. The Bertz CT molecular complexity index is 1700. The molecule has 8 N–H and O–H groups in total. The standard InChI is InChI=1S/C31H39ClN3O14/c1-11-26(47-7)28(2,35(44)45)10-15(48-11)49-29(3)12-9-30(42)23(34(4)5)22(38)18(27(33)41)25(40)31(30,43)24(39)16(12)21(37)17-13(36)8-14(46-6)20(32)19(17)29/h8,11-12,15,23,26,36-37,40,42-44H,9-10H2,1-7H3,(H2,33,41)/q-1. The van der Waals surface area contributed by atoms with Crippen LogP contribution in [-0.4, -0.2) is 128 Å². The predicted octanol–water partition coefficient (Wildman–Crippen LogP) is 0.528. The number of likely N-dealkylation sites (N-methyl/N-ethyl adjacent to an activating group) is 1. The second kappa shape index (κ2) is 11.9. The molecular weight excluding hydrogens is 674 g/mol. The monoisotopic (exact) mass is 712 g/mol. The second-order valence-electron chi connectivity index (χ2n) is 13.4. The number of aliphatic hydroxyl groups excluding tert-OH is 2. The van der Waals surface area contributed by atoms with Gasteiger partial charge in [0.05, 0.1) is 29.3 Å². The van der Waals surface area contributed by atoms with E-state index in [9.17, 15) is 50.3 Å². The van der Waals surface area contributed by atoms with E-state index >= 15 is 0 Å². The van der Waals surface area contributed by atoms with Gasteiger partial charge in [-0.2, -0.15) is 0 Å². The first-order chi connectivity index (χ1) is 22.6. The number of benzene rings is 1. The van der Waals surface area contributed by atoms with Gasteiger partial charge in [0.2, 0.25) is 11.4 Å². The van der Waals surface area contributed by atoms with E-state index in [0.29, 0.717) is 0 Å². The Morgan fingerprint density at radius 1 is 1.14 bits per heavy atom. The fraction of sp³-hybridized carbons (Fsp3) is 0.581. The number of rotatable bonds is 7. The Labute approximate surface area is 285 Å². The Kier molecular flexibility index (Phi) is 8.94. The first kappa shape index (κ1) is 36.9. The maximum Gasteiger partial charge on any atom is 0.255 e. The molecule has 4 aliphatic rings. The summed E-state index contributed by atoms with van der Waals surface area (Å²) < 4.78 is 23.4. The molecule has 5 rings (SSSR count). The van der Waals surface area contributed by atoms with Gasteiger partial charge in [-0.3, -0.25) is 24.5 Å². The highest BCUT2D eigenvalue weighted by molar-refractivity contribution is 6.33. The van der Waals surface area contributed by atoms with E-state index in [-0.39, 0.29) is 28.0 Å².